The number of ketones is 1. The van der Waals surface area contributed by atoms with Gasteiger partial charge >= 0.3 is 0 Å². The van der Waals surface area contributed by atoms with Crippen LogP contribution in [0.15, 0.2) is 66.1 Å². The quantitative estimate of drug-likeness (QED) is 0.534. The Bertz CT molecular complexity index is 766. The largest absolute Gasteiger partial charge is 0.293 e. The first-order valence-electron chi connectivity index (χ1n) is 6.92. The van der Waals surface area contributed by atoms with E-state index in [1.54, 1.807) is 6.33 Å². The van der Waals surface area contributed by atoms with E-state index in [1.807, 2.05) is 66.1 Å². The van der Waals surface area contributed by atoms with Crippen molar-refractivity contribution in [2.75, 3.05) is 5.75 Å². The van der Waals surface area contributed by atoms with Gasteiger partial charge in [0.2, 0.25) is 0 Å². The lowest BCUT2D eigenvalue weighted by atomic mass is 10.1. The predicted octanol–water partition coefficient (Wildman–Crippen LogP) is 3.55. The van der Waals surface area contributed by atoms with Gasteiger partial charge < -0.3 is 0 Å². The Morgan fingerprint density at radius 3 is 2.55 bits per heavy atom. The van der Waals surface area contributed by atoms with E-state index in [0.717, 1.165) is 16.8 Å². The van der Waals surface area contributed by atoms with Gasteiger partial charge in [0, 0.05) is 11.3 Å². The molecule has 0 spiro atoms. The van der Waals surface area contributed by atoms with Gasteiger partial charge in [-0.05, 0) is 19.1 Å². The lowest BCUT2D eigenvalue weighted by Crippen LogP contribution is -2.04. The molecule has 0 bridgehead atoms. The van der Waals surface area contributed by atoms with Crippen molar-refractivity contribution in [1.29, 1.82) is 0 Å². The van der Waals surface area contributed by atoms with Crippen LogP contribution in [0.1, 0.15) is 15.9 Å². The monoisotopic (exact) mass is 309 g/mol. The van der Waals surface area contributed by atoms with Gasteiger partial charge in [-0.1, -0.05) is 59.8 Å². The molecule has 0 saturated carbocycles. The van der Waals surface area contributed by atoms with Crippen LogP contribution in [0.5, 0.6) is 0 Å². The summed E-state index contributed by atoms with van der Waals surface area (Å²) in [6.07, 6.45) is 1.66. The van der Waals surface area contributed by atoms with Crippen molar-refractivity contribution in [3.8, 4) is 5.69 Å². The Balaban J connectivity index is 1.71. The van der Waals surface area contributed by atoms with Gasteiger partial charge in [-0.2, -0.15) is 0 Å². The van der Waals surface area contributed by atoms with E-state index in [0.29, 0.717) is 10.9 Å². The molecule has 3 rings (SSSR count). The number of para-hydroxylation sites is 1. The maximum atomic E-state index is 12.2. The van der Waals surface area contributed by atoms with Crippen molar-refractivity contribution in [3.05, 3.63) is 72.1 Å². The molecule has 110 valence electrons. The minimum atomic E-state index is 0.0904. The fraction of sp³-hybridized carbons (Fsp3) is 0.118. The van der Waals surface area contributed by atoms with E-state index in [9.17, 15) is 4.79 Å². The van der Waals surface area contributed by atoms with E-state index in [-0.39, 0.29) is 5.78 Å². The standard InChI is InChI=1S/C17H15N3OS/c1-13-7-9-14(10-8-13)16(21)11-22-17-19-18-12-20(17)15-5-3-2-4-6-15/h2-10,12H,11H2,1H3. The Morgan fingerprint density at radius 2 is 1.82 bits per heavy atom. The molecule has 0 amide bonds. The van der Waals surface area contributed by atoms with Crippen LogP contribution in [0.2, 0.25) is 0 Å². The van der Waals surface area contributed by atoms with E-state index in [4.69, 9.17) is 0 Å². The number of aromatic nitrogens is 3. The van der Waals surface area contributed by atoms with Crippen LogP contribution in [0, 0.1) is 6.92 Å². The van der Waals surface area contributed by atoms with E-state index in [2.05, 4.69) is 10.2 Å². The molecule has 22 heavy (non-hydrogen) atoms. The summed E-state index contributed by atoms with van der Waals surface area (Å²) in [5.41, 5.74) is 2.86. The summed E-state index contributed by atoms with van der Waals surface area (Å²) in [4.78, 5) is 12.2. The highest BCUT2D eigenvalue weighted by Crippen LogP contribution is 2.20. The summed E-state index contributed by atoms with van der Waals surface area (Å²) < 4.78 is 1.88. The summed E-state index contributed by atoms with van der Waals surface area (Å²) >= 11 is 1.40. The lowest BCUT2D eigenvalue weighted by Gasteiger charge is -2.05. The number of Topliss-reactive ketones (excluding diaryl/α,β-unsaturated/α-hetero) is 1. The number of nitrogens with zero attached hydrogens (tertiary/aromatic N) is 3. The molecule has 5 heteroatoms. The highest BCUT2D eigenvalue weighted by Gasteiger charge is 2.11. The number of carbonyl (C=O) groups excluding carboxylic acids is 1. The average Bonchev–Trinajstić information content (AvgIpc) is 3.02. The Kier molecular flexibility index (Phi) is 4.34. The number of benzene rings is 2. The zero-order valence-electron chi connectivity index (χ0n) is 12.1. The molecule has 0 radical (unpaired) electrons. The molecule has 0 aliphatic carbocycles. The molecule has 4 nitrogen and oxygen atoms in total. The fourth-order valence-corrected chi connectivity index (χ4v) is 2.86. The highest BCUT2D eigenvalue weighted by atomic mass is 32.2. The van der Waals surface area contributed by atoms with Crippen LogP contribution in [-0.2, 0) is 0 Å². The van der Waals surface area contributed by atoms with Crippen LogP contribution >= 0.6 is 11.8 Å². The second kappa shape index (κ2) is 6.58. The Labute approximate surface area is 133 Å². The summed E-state index contributed by atoms with van der Waals surface area (Å²) in [6.45, 7) is 2.01. The molecule has 0 aliphatic rings. The second-order valence-corrected chi connectivity index (χ2v) is 5.84. The fourth-order valence-electron chi connectivity index (χ4n) is 2.04. The van der Waals surface area contributed by atoms with Gasteiger partial charge in [0.25, 0.3) is 0 Å². The minimum absolute atomic E-state index is 0.0904. The predicted molar refractivity (Wildman–Crippen MR) is 87.6 cm³/mol. The van der Waals surface area contributed by atoms with Crippen LogP contribution in [0.25, 0.3) is 5.69 Å². The summed E-state index contributed by atoms with van der Waals surface area (Å²) in [7, 11) is 0. The lowest BCUT2D eigenvalue weighted by molar-refractivity contribution is 0.102. The number of aryl methyl sites for hydroxylation is 1. The average molecular weight is 309 g/mol. The molecule has 0 atom stereocenters. The third-order valence-corrected chi connectivity index (χ3v) is 4.20. The van der Waals surface area contributed by atoms with Gasteiger partial charge in [-0.3, -0.25) is 9.36 Å². The maximum Gasteiger partial charge on any atom is 0.196 e. The number of hydrogen-bond acceptors (Lipinski definition) is 4. The third-order valence-electron chi connectivity index (χ3n) is 3.26. The smallest absolute Gasteiger partial charge is 0.196 e. The number of rotatable bonds is 5. The van der Waals surface area contributed by atoms with Crippen LogP contribution < -0.4 is 0 Å². The third kappa shape index (κ3) is 3.26. The Morgan fingerprint density at radius 1 is 1.09 bits per heavy atom. The molecular weight excluding hydrogens is 294 g/mol. The van der Waals surface area contributed by atoms with E-state index in [1.165, 1.54) is 11.8 Å². The normalized spacial score (nSPS) is 10.6. The SMILES string of the molecule is Cc1ccc(C(=O)CSc2nncn2-c2ccccc2)cc1. The summed E-state index contributed by atoms with van der Waals surface area (Å²) in [5, 5.41) is 8.75. The molecule has 0 aliphatic heterocycles. The molecule has 1 aromatic heterocycles. The van der Waals surface area contributed by atoms with Gasteiger partial charge in [-0.15, -0.1) is 10.2 Å². The van der Waals surface area contributed by atoms with Crippen molar-refractivity contribution >= 4 is 17.5 Å². The molecule has 2 aromatic carbocycles. The van der Waals surface area contributed by atoms with Gasteiger partial charge in [0.05, 0.1) is 5.75 Å². The van der Waals surface area contributed by atoms with Crippen molar-refractivity contribution in [1.82, 2.24) is 14.8 Å². The summed E-state index contributed by atoms with van der Waals surface area (Å²) in [5.74, 6) is 0.432. The number of carbonyl (C=O) groups is 1. The first kappa shape index (κ1) is 14.5. The van der Waals surface area contributed by atoms with E-state index < -0.39 is 0 Å². The highest BCUT2D eigenvalue weighted by molar-refractivity contribution is 7.99. The van der Waals surface area contributed by atoms with Gasteiger partial charge in [0.15, 0.2) is 10.9 Å². The van der Waals surface area contributed by atoms with E-state index >= 15 is 0 Å². The zero-order chi connectivity index (χ0) is 15.4. The van der Waals surface area contributed by atoms with Gasteiger partial charge in [0.1, 0.15) is 6.33 Å². The first-order valence-corrected chi connectivity index (χ1v) is 7.91. The van der Waals surface area contributed by atoms with Crippen molar-refractivity contribution in [2.24, 2.45) is 0 Å². The molecule has 0 saturated heterocycles. The van der Waals surface area contributed by atoms with Crippen LogP contribution in [0.4, 0.5) is 0 Å². The van der Waals surface area contributed by atoms with Crippen molar-refractivity contribution < 1.29 is 4.79 Å². The van der Waals surface area contributed by atoms with Crippen molar-refractivity contribution in [3.63, 3.8) is 0 Å². The second-order valence-electron chi connectivity index (χ2n) is 4.90. The van der Waals surface area contributed by atoms with Gasteiger partial charge in [-0.25, -0.2) is 0 Å². The van der Waals surface area contributed by atoms with Crippen LogP contribution in [0.3, 0.4) is 0 Å². The number of thioether (sulfide) groups is 1. The maximum absolute atomic E-state index is 12.2. The molecule has 3 aromatic rings. The van der Waals surface area contributed by atoms with Crippen molar-refractivity contribution in [2.45, 2.75) is 12.1 Å². The first-order chi connectivity index (χ1) is 10.7. The molecule has 0 unspecified atom stereocenters. The number of hydrogen-bond donors (Lipinski definition) is 0. The Hall–Kier alpha value is -2.40. The zero-order valence-corrected chi connectivity index (χ0v) is 13.0. The topological polar surface area (TPSA) is 47.8 Å². The molecule has 0 fully saturated rings. The molecule has 0 N–H and O–H groups in total. The molecule has 1 heterocycles. The summed E-state index contributed by atoms with van der Waals surface area (Å²) in [6, 6.07) is 17.5. The van der Waals surface area contributed by atoms with Crippen LogP contribution in [-0.4, -0.2) is 26.3 Å². The molecular formula is C17H15N3OS. The minimum Gasteiger partial charge on any atom is -0.293 e.